The van der Waals surface area contributed by atoms with Gasteiger partial charge in [-0.1, -0.05) is 188 Å². The monoisotopic (exact) mass is 675 g/mol. The molecular formula is C49H34OSi. The Morgan fingerprint density at radius 2 is 0.961 bits per heavy atom. The molecule has 0 saturated carbocycles. The summed E-state index contributed by atoms with van der Waals surface area (Å²) in [4.78, 5) is 0. The summed E-state index contributed by atoms with van der Waals surface area (Å²) in [5.74, 6) is 1.31. The molecule has 240 valence electrons. The van der Waals surface area contributed by atoms with E-state index in [1.165, 1.54) is 0 Å². The van der Waals surface area contributed by atoms with Crippen molar-refractivity contribution in [2.75, 3.05) is 0 Å². The van der Waals surface area contributed by atoms with E-state index in [0.717, 1.165) is 33.4 Å². The first-order chi connectivity index (χ1) is 29.0. The molecule has 0 unspecified atom stereocenters. The van der Waals surface area contributed by atoms with Gasteiger partial charge in [0.15, 0.2) is 8.07 Å². The third kappa shape index (κ3) is 4.27. The van der Waals surface area contributed by atoms with Crippen LogP contribution in [0.4, 0.5) is 0 Å². The van der Waals surface area contributed by atoms with Gasteiger partial charge in [-0.05, 0) is 72.3 Å². The summed E-state index contributed by atoms with van der Waals surface area (Å²) in [6.07, 6.45) is 0. The lowest BCUT2D eigenvalue weighted by atomic mass is 9.66. The van der Waals surface area contributed by atoms with Gasteiger partial charge in [0.05, 0.1) is 17.8 Å². The molecule has 0 aromatic heterocycles. The highest BCUT2D eigenvalue weighted by Crippen LogP contribution is 2.62. The van der Waals surface area contributed by atoms with Crippen LogP contribution in [0.5, 0.6) is 11.5 Å². The quantitative estimate of drug-likeness (QED) is 0.131. The standard InChI is InChI=1S/C49H34OSi/c1-4-18-37(19-5-1)51(38-20-6-2-7-21-38,39-22-8-3-9-23-39)40-24-16-17-35(33-40)36-31-32-48-46(34-36)49(45-29-14-15-30-47(45)50-48)43-27-12-10-25-41(43)42-26-11-13-28-44(42)49/h1-34H/i1D,4D,5D,16D,17D,18D,19D,24D,33D. The smallest absolute Gasteiger partial charge is 0.179 e. The summed E-state index contributed by atoms with van der Waals surface area (Å²) < 4.78 is 90.6. The van der Waals surface area contributed by atoms with Crippen molar-refractivity contribution >= 4 is 28.8 Å². The van der Waals surface area contributed by atoms with Crippen LogP contribution in [0.25, 0.3) is 22.3 Å². The highest BCUT2D eigenvalue weighted by molar-refractivity contribution is 7.19. The van der Waals surface area contributed by atoms with Crippen molar-refractivity contribution in [1.82, 2.24) is 0 Å². The number of benzene rings is 8. The minimum absolute atomic E-state index is 0.0236. The van der Waals surface area contributed by atoms with E-state index in [0.29, 0.717) is 27.4 Å². The molecule has 1 aliphatic carbocycles. The SMILES string of the molecule is [2H]c1c([2H])c([2H])c([Si](c2ccccc2)(c2ccccc2)c2c([2H])c([2H])c([2H])c(-c3ccc4c(c3)C3(c5ccccc5O4)c4ccccc4-c4ccccc43)c2[2H])c([2H])c1[2H]. The molecule has 8 aromatic carbocycles. The van der Waals surface area contributed by atoms with Gasteiger partial charge in [-0.3, -0.25) is 0 Å². The fourth-order valence-corrected chi connectivity index (χ4v) is 12.6. The van der Waals surface area contributed by atoms with Crippen LogP contribution in [-0.2, 0) is 5.41 Å². The van der Waals surface area contributed by atoms with Crippen molar-refractivity contribution in [2.24, 2.45) is 0 Å². The molecule has 2 aliphatic rings. The van der Waals surface area contributed by atoms with Gasteiger partial charge in [0, 0.05) is 11.1 Å². The minimum Gasteiger partial charge on any atom is -0.457 e. The molecular weight excluding hydrogens is 633 g/mol. The van der Waals surface area contributed by atoms with Crippen LogP contribution in [0.2, 0.25) is 0 Å². The van der Waals surface area contributed by atoms with Crippen LogP contribution < -0.4 is 25.5 Å². The lowest BCUT2D eigenvalue weighted by Crippen LogP contribution is -2.74. The molecule has 0 atom stereocenters. The zero-order valence-corrected chi connectivity index (χ0v) is 28.3. The van der Waals surface area contributed by atoms with Gasteiger partial charge in [-0.25, -0.2) is 0 Å². The topological polar surface area (TPSA) is 9.23 Å². The van der Waals surface area contributed by atoms with E-state index in [2.05, 4.69) is 30.3 Å². The van der Waals surface area contributed by atoms with Crippen molar-refractivity contribution in [3.63, 3.8) is 0 Å². The number of hydrogen-bond donors (Lipinski definition) is 0. The fraction of sp³-hybridized carbons (Fsp3) is 0.0204. The number of para-hydroxylation sites is 1. The van der Waals surface area contributed by atoms with Gasteiger partial charge in [0.1, 0.15) is 11.5 Å². The maximum Gasteiger partial charge on any atom is 0.179 e. The van der Waals surface area contributed by atoms with Crippen molar-refractivity contribution in [3.05, 3.63) is 228 Å². The average molecular weight is 676 g/mol. The van der Waals surface area contributed by atoms with E-state index in [1.807, 2.05) is 91.0 Å². The Balaban J connectivity index is 1.34. The maximum absolute atomic E-state index is 10.3. The highest BCUT2D eigenvalue weighted by atomic mass is 28.3. The van der Waals surface area contributed by atoms with E-state index < -0.39 is 55.8 Å². The Hall–Kier alpha value is -6.22. The van der Waals surface area contributed by atoms with E-state index >= 15 is 0 Å². The van der Waals surface area contributed by atoms with E-state index in [9.17, 15) is 8.22 Å². The molecule has 0 radical (unpaired) electrons. The Bertz CT molecular complexity index is 2970. The van der Waals surface area contributed by atoms with Gasteiger partial charge in [0.2, 0.25) is 0 Å². The van der Waals surface area contributed by atoms with Crippen molar-refractivity contribution in [3.8, 4) is 33.8 Å². The van der Waals surface area contributed by atoms with Crippen LogP contribution in [0.3, 0.4) is 0 Å². The summed E-state index contributed by atoms with van der Waals surface area (Å²) >= 11 is 0. The number of hydrogen-bond acceptors (Lipinski definition) is 1. The fourth-order valence-electron chi connectivity index (χ4n) is 8.37. The third-order valence-corrected chi connectivity index (χ3v) is 14.8. The molecule has 0 N–H and O–H groups in total. The van der Waals surface area contributed by atoms with Crippen LogP contribution in [-0.4, -0.2) is 8.07 Å². The molecule has 51 heavy (non-hydrogen) atoms. The second-order valence-corrected chi connectivity index (χ2v) is 16.5. The summed E-state index contributed by atoms with van der Waals surface area (Å²) in [6.45, 7) is 0. The van der Waals surface area contributed by atoms with Crippen LogP contribution in [0.1, 0.15) is 34.6 Å². The summed E-state index contributed by atoms with van der Waals surface area (Å²) in [5, 5.41) is 1.16. The first-order valence-electron chi connectivity index (χ1n) is 21.4. The van der Waals surface area contributed by atoms with Crippen molar-refractivity contribution in [1.29, 1.82) is 0 Å². The Morgan fingerprint density at radius 3 is 1.63 bits per heavy atom. The molecule has 0 saturated heterocycles. The molecule has 0 bridgehead atoms. The van der Waals surface area contributed by atoms with Gasteiger partial charge in [-0.2, -0.15) is 0 Å². The van der Waals surface area contributed by atoms with Gasteiger partial charge in [0.25, 0.3) is 0 Å². The van der Waals surface area contributed by atoms with E-state index in [4.69, 9.17) is 8.85 Å². The molecule has 1 spiro atoms. The number of rotatable bonds is 5. The zero-order valence-electron chi connectivity index (χ0n) is 36.3. The minimum atomic E-state index is -4.29. The van der Waals surface area contributed by atoms with Gasteiger partial charge < -0.3 is 4.74 Å². The summed E-state index contributed by atoms with van der Waals surface area (Å²) in [6, 6.07) is 44.3. The van der Waals surface area contributed by atoms with Crippen LogP contribution in [0.15, 0.2) is 206 Å². The lowest BCUT2D eigenvalue weighted by molar-refractivity contribution is 0.436. The first kappa shape index (κ1) is 21.8. The van der Waals surface area contributed by atoms with Crippen molar-refractivity contribution in [2.45, 2.75) is 5.41 Å². The Morgan fingerprint density at radius 1 is 0.412 bits per heavy atom. The normalized spacial score (nSPS) is 15.9. The van der Waals surface area contributed by atoms with Crippen LogP contribution in [0, 0.1) is 0 Å². The highest BCUT2D eigenvalue weighted by Gasteiger charge is 2.51. The van der Waals surface area contributed by atoms with Crippen LogP contribution >= 0.6 is 0 Å². The van der Waals surface area contributed by atoms with Crippen molar-refractivity contribution < 1.29 is 17.1 Å². The molecule has 0 amide bonds. The lowest BCUT2D eigenvalue weighted by Gasteiger charge is -2.39. The summed E-state index contributed by atoms with van der Waals surface area (Å²) in [5.41, 5.74) is 5.71. The number of ether oxygens (including phenoxy) is 1. The molecule has 1 nitrogen and oxygen atoms in total. The predicted octanol–water partition coefficient (Wildman–Crippen LogP) is 9.20. The molecule has 1 aliphatic heterocycles. The zero-order chi connectivity index (χ0) is 41.7. The van der Waals surface area contributed by atoms with E-state index in [-0.39, 0.29) is 28.0 Å². The average Bonchev–Trinajstić information content (AvgIpc) is 3.58. The molecule has 2 heteroatoms. The van der Waals surface area contributed by atoms with E-state index in [1.54, 1.807) is 30.3 Å². The molecule has 1 heterocycles. The second-order valence-electron chi connectivity index (χ2n) is 12.9. The van der Waals surface area contributed by atoms with Gasteiger partial charge in [-0.15, -0.1) is 0 Å². The summed E-state index contributed by atoms with van der Waals surface area (Å²) in [7, 11) is -4.29. The Kier molecular flexibility index (Phi) is 4.99. The van der Waals surface area contributed by atoms with Gasteiger partial charge >= 0.3 is 0 Å². The first-order valence-corrected chi connectivity index (χ1v) is 18.9. The maximum atomic E-state index is 10.3. The molecule has 0 fully saturated rings. The molecule has 10 rings (SSSR count). The Labute approximate surface area is 312 Å². The molecule has 8 aromatic rings. The predicted molar refractivity (Wildman–Crippen MR) is 213 cm³/mol. The largest absolute Gasteiger partial charge is 0.457 e. The number of fused-ring (bicyclic) bond motifs is 9. The third-order valence-electron chi connectivity index (χ3n) is 10.4. The second kappa shape index (κ2) is 11.7.